The third-order valence-corrected chi connectivity index (χ3v) is 6.65. The molecule has 1 fully saturated rings. The van der Waals surface area contributed by atoms with E-state index in [1.54, 1.807) is 24.3 Å². The molecule has 0 bridgehead atoms. The second kappa shape index (κ2) is 10.2. The molecule has 1 aliphatic heterocycles. The van der Waals surface area contributed by atoms with Crippen molar-refractivity contribution in [3.63, 3.8) is 0 Å². The second-order valence-electron chi connectivity index (χ2n) is 9.59. The number of rotatable bonds is 6. The SMILES string of the molecule is C[N+](C)(Cc1ccc(NC(=O)c2cccc(-c3ccc(C(F)(F)F)cc3)c2)cc1)C1CCOCC1. The fourth-order valence-corrected chi connectivity index (χ4v) is 4.57. The number of hydrogen-bond acceptors (Lipinski definition) is 2. The molecule has 0 aliphatic carbocycles. The fourth-order valence-electron chi connectivity index (χ4n) is 4.57. The number of carbonyl (C=O) groups excluding carboxylic acids is 1. The molecular formula is C28H30F3N2O2+. The molecule has 1 heterocycles. The number of alkyl halides is 3. The fraction of sp³-hybridized carbons (Fsp3) is 0.321. The number of amides is 1. The molecule has 3 aromatic rings. The van der Waals surface area contributed by atoms with Gasteiger partial charge in [-0.3, -0.25) is 4.79 Å². The molecule has 0 spiro atoms. The molecule has 4 rings (SSSR count). The van der Waals surface area contributed by atoms with E-state index >= 15 is 0 Å². The zero-order valence-electron chi connectivity index (χ0n) is 19.9. The van der Waals surface area contributed by atoms with Crippen LogP contribution in [0.15, 0.2) is 72.8 Å². The lowest BCUT2D eigenvalue weighted by atomic mass is 10.0. The Labute approximate surface area is 203 Å². The maximum Gasteiger partial charge on any atom is 0.416 e. The van der Waals surface area contributed by atoms with E-state index < -0.39 is 11.7 Å². The molecule has 0 radical (unpaired) electrons. The van der Waals surface area contributed by atoms with Crippen molar-refractivity contribution < 1.29 is 27.2 Å². The van der Waals surface area contributed by atoms with Gasteiger partial charge in [0.25, 0.3) is 5.91 Å². The molecule has 0 atom stereocenters. The first-order valence-electron chi connectivity index (χ1n) is 11.7. The number of hydrogen-bond donors (Lipinski definition) is 1. The molecular weight excluding hydrogens is 453 g/mol. The highest BCUT2D eigenvalue weighted by atomic mass is 19.4. The molecule has 0 aromatic heterocycles. The van der Waals surface area contributed by atoms with Gasteiger partial charge in [-0.05, 0) is 47.5 Å². The Balaban J connectivity index is 1.41. The van der Waals surface area contributed by atoms with Gasteiger partial charge in [0.1, 0.15) is 6.54 Å². The molecule has 1 N–H and O–H groups in total. The Hall–Kier alpha value is -3.16. The molecule has 1 aliphatic rings. The van der Waals surface area contributed by atoms with Crippen LogP contribution in [0.3, 0.4) is 0 Å². The third kappa shape index (κ3) is 6.29. The number of anilines is 1. The summed E-state index contributed by atoms with van der Waals surface area (Å²) in [5, 5.41) is 2.91. The van der Waals surface area contributed by atoms with Crippen molar-refractivity contribution in [3.05, 3.63) is 89.5 Å². The van der Waals surface area contributed by atoms with Gasteiger partial charge in [-0.2, -0.15) is 13.2 Å². The Morgan fingerprint density at radius 1 is 0.943 bits per heavy atom. The number of halogens is 3. The lowest BCUT2D eigenvalue weighted by Crippen LogP contribution is -2.50. The maximum absolute atomic E-state index is 12.8. The first-order chi connectivity index (χ1) is 16.6. The smallest absolute Gasteiger partial charge is 0.381 e. The number of ether oxygens (including phenoxy) is 1. The van der Waals surface area contributed by atoms with E-state index in [4.69, 9.17) is 4.74 Å². The predicted molar refractivity (Wildman–Crippen MR) is 131 cm³/mol. The summed E-state index contributed by atoms with van der Waals surface area (Å²) in [5.41, 5.74) is 2.91. The summed E-state index contributed by atoms with van der Waals surface area (Å²) in [6, 6.07) is 20.2. The maximum atomic E-state index is 12.8. The molecule has 4 nitrogen and oxygen atoms in total. The van der Waals surface area contributed by atoms with Crippen molar-refractivity contribution in [3.8, 4) is 11.1 Å². The minimum absolute atomic E-state index is 0.273. The number of nitrogens with one attached hydrogen (secondary N) is 1. The summed E-state index contributed by atoms with van der Waals surface area (Å²) in [4.78, 5) is 12.8. The summed E-state index contributed by atoms with van der Waals surface area (Å²) >= 11 is 0. The lowest BCUT2D eigenvalue weighted by Gasteiger charge is -2.40. The number of quaternary nitrogens is 1. The van der Waals surface area contributed by atoms with Gasteiger partial charge in [0, 0.05) is 29.7 Å². The average molecular weight is 484 g/mol. The topological polar surface area (TPSA) is 38.3 Å². The lowest BCUT2D eigenvalue weighted by molar-refractivity contribution is -0.929. The van der Waals surface area contributed by atoms with Crippen LogP contribution in [0.1, 0.15) is 34.3 Å². The molecule has 0 saturated carbocycles. The quantitative estimate of drug-likeness (QED) is 0.413. The van der Waals surface area contributed by atoms with Gasteiger partial charge in [-0.1, -0.05) is 36.4 Å². The predicted octanol–water partition coefficient (Wildman–Crippen LogP) is 6.38. The van der Waals surface area contributed by atoms with E-state index in [0.29, 0.717) is 28.4 Å². The van der Waals surface area contributed by atoms with Gasteiger partial charge in [-0.15, -0.1) is 0 Å². The largest absolute Gasteiger partial charge is 0.416 e. The van der Waals surface area contributed by atoms with Crippen LogP contribution in [0.25, 0.3) is 11.1 Å². The summed E-state index contributed by atoms with van der Waals surface area (Å²) in [6.45, 7) is 2.53. The van der Waals surface area contributed by atoms with Crippen molar-refractivity contribution in [1.82, 2.24) is 0 Å². The van der Waals surface area contributed by atoms with Crippen LogP contribution in [-0.4, -0.2) is 43.7 Å². The normalized spacial score (nSPS) is 15.1. The number of carbonyl (C=O) groups is 1. The van der Waals surface area contributed by atoms with Crippen molar-refractivity contribution in [2.75, 3.05) is 32.6 Å². The van der Waals surface area contributed by atoms with Gasteiger partial charge in [0.05, 0.1) is 38.9 Å². The highest BCUT2D eigenvalue weighted by Crippen LogP contribution is 2.31. The number of nitrogens with zero attached hydrogens (tertiary/aromatic N) is 1. The van der Waals surface area contributed by atoms with Crippen LogP contribution in [0.4, 0.5) is 18.9 Å². The highest BCUT2D eigenvalue weighted by Gasteiger charge is 2.31. The third-order valence-electron chi connectivity index (χ3n) is 6.65. The van der Waals surface area contributed by atoms with Gasteiger partial charge < -0.3 is 14.5 Å². The Morgan fingerprint density at radius 3 is 2.23 bits per heavy atom. The van der Waals surface area contributed by atoms with E-state index in [9.17, 15) is 18.0 Å². The van der Waals surface area contributed by atoms with E-state index in [0.717, 1.165) is 49.2 Å². The van der Waals surface area contributed by atoms with E-state index in [2.05, 4.69) is 19.4 Å². The van der Waals surface area contributed by atoms with Crippen molar-refractivity contribution in [2.24, 2.45) is 0 Å². The van der Waals surface area contributed by atoms with Crippen molar-refractivity contribution in [2.45, 2.75) is 31.6 Å². The Kier molecular flexibility index (Phi) is 7.28. The second-order valence-corrected chi connectivity index (χ2v) is 9.59. The number of benzene rings is 3. The summed E-state index contributed by atoms with van der Waals surface area (Å²) in [5.74, 6) is -0.273. The van der Waals surface area contributed by atoms with Gasteiger partial charge in [0.2, 0.25) is 0 Å². The van der Waals surface area contributed by atoms with Gasteiger partial charge in [-0.25, -0.2) is 0 Å². The van der Waals surface area contributed by atoms with Crippen LogP contribution in [0, 0.1) is 0 Å². The van der Waals surface area contributed by atoms with Crippen LogP contribution in [0.2, 0.25) is 0 Å². The summed E-state index contributed by atoms with van der Waals surface area (Å²) in [7, 11) is 4.49. The zero-order chi connectivity index (χ0) is 25.1. The molecule has 1 amide bonds. The summed E-state index contributed by atoms with van der Waals surface area (Å²) < 4.78 is 44.9. The molecule has 1 saturated heterocycles. The van der Waals surface area contributed by atoms with Crippen LogP contribution < -0.4 is 5.32 Å². The zero-order valence-corrected chi connectivity index (χ0v) is 19.9. The van der Waals surface area contributed by atoms with Gasteiger partial charge >= 0.3 is 6.18 Å². The van der Waals surface area contributed by atoms with Crippen LogP contribution in [-0.2, 0) is 17.5 Å². The monoisotopic (exact) mass is 483 g/mol. The minimum Gasteiger partial charge on any atom is -0.381 e. The van der Waals surface area contributed by atoms with E-state index in [1.807, 2.05) is 24.3 Å². The molecule has 0 unspecified atom stereocenters. The van der Waals surface area contributed by atoms with Crippen LogP contribution in [0.5, 0.6) is 0 Å². The van der Waals surface area contributed by atoms with E-state index in [-0.39, 0.29) is 5.91 Å². The molecule has 3 aromatic carbocycles. The first-order valence-corrected chi connectivity index (χ1v) is 11.7. The van der Waals surface area contributed by atoms with E-state index in [1.165, 1.54) is 17.7 Å². The molecule has 184 valence electrons. The standard InChI is InChI=1S/C28H29F3N2O2/c1-33(2,26-14-16-35-17-15-26)19-20-6-12-25(13-7-20)32-27(34)23-5-3-4-22(18-23)21-8-10-24(11-9-21)28(29,30)31/h3-13,18,26H,14-17,19H2,1-2H3/p+1. The minimum atomic E-state index is -4.38. The first kappa shape index (κ1) is 24.9. The van der Waals surface area contributed by atoms with Gasteiger partial charge in [0.15, 0.2) is 0 Å². The molecule has 35 heavy (non-hydrogen) atoms. The van der Waals surface area contributed by atoms with Crippen molar-refractivity contribution in [1.29, 1.82) is 0 Å². The highest BCUT2D eigenvalue weighted by molar-refractivity contribution is 6.05. The Morgan fingerprint density at radius 2 is 1.60 bits per heavy atom. The van der Waals surface area contributed by atoms with Crippen molar-refractivity contribution >= 4 is 11.6 Å². The average Bonchev–Trinajstić information content (AvgIpc) is 2.85. The van der Waals surface area contributed by atoms with Crippen LogP contribution >= 0.6 is 0 Å². The molecule has 7 heteroatoms. The summed E-state index contributed by atoms with van der Waals surface area (Å²) in [6.07, 6.45) is -2.26. The Bertz CT molecular complexity index is 1150.